The molecule has 0 fully saturated rings. The summed E-state index contributed by atoms with van der Waals surface area (Å²) in [4.78, 5) is 0. The van der Waals surface area contributed by atoms with Crippen LogP contribution >= 0.6 is 0 Å². The number of hydrogen-bond donors (Lipinski definition) is 1. The minimum atomic E-state index is 0.100. The standard InChI is InChI=1S/C12H16O2/c1-2-14-9-3-4-11-5-7-12(10-13)8-6-11/h3-8,13H,2,9-10H2,1H3/b4-3+. The molecule has 0 unspecified atom stereocenters. The lowest BCUT2D eigenvalue weighted by Crippen LogP contribution is -1.88. The molecule has 0 atom stereocenters. The maximum absolute atomic E-state index is 8.84. The summed E-state index contributed by atoms with van der Waals surface area (Å²) >= 11 is 0. The number of rotatable bonds is 5. The van der Waals surface area contributed by atoms with E-state index in [9.17, 15) is 0 Å². The van der Waals surface area contributed by atoms with Crippen LogP contribution in [0.5, 0.6) is 0 Å². The Balaban J connectivity index is 2.47. The van der Waals surface area contributed by atoms with Gasteiger partial charge >= 0.3 is 0 Å². The van der Waals surface area contributed by atoms with Crippen molar-refractivity contribution in [3.8, 4) is 0 Å². The lowest BCUT2D eigenvalue weighted by atomic mass is 10.1. The van der Waals surface area contributed by atoms with Gasteiger partial charge in [0.15, 0.2) is 0 Å². The Bertz CT molecular complexity index is 275. The van der Waals surface area contributed by atoms with Gasteiger partial charge in [-0.2, -0.15) is 0 Å². The largest absolute Gasteiger partial charge is 0.392 e. The number of ether oxygens (including phenoxy) is 1. The second kappa shape index (κ2) is 6.35. The van der Waals surface area contributed by atoms with E-state index in [1.165, 1.54) is 0 Å². The van der Waals surface area contributed by atoms with E-state index in [-0.39, 0.29) is 6.61 Å². The highest BCUT2D eigenvalue weighted by Gasteiger charge is 1.89. The summed E-state index contributed by atoms with van der Waals surface area (Å²) in [5, 5.41) is 8.84. The molecular formula is C12H16O2. The molecule has 0 aliphatic carbocycles. The van der Waals surface area contributed by atoms with Gasteiger partial charge < -0.3 is 9.84 Å². The first kappa shape index (κ1) is 11.0. The Morgan fingerprint density at radius 3 is 2.57 bits per heavy atom. The highest BCUT2D eigenvalue weighted by molar-refractivity contribution is 5.49. The fourth-order valence-corrected chi connectivity index (χ4v) is 1.10. The van der Waals surface area contributed by atoms with Crippen LogP contribution in [0.25, 0.3) is 6.08 Å². The van der Waals surface area contributed by atoms with Gasteiger partial charge in [0.05, 0.1) is 13.2 Å². The monoisotopic (exact) mass is 192 g/mol. The van der Waals surface area contributed by atoms with Crippen LogP contribution < -0.4 is 0 Å². The molecule has 2 heteroatoms. The molecule has 0 radical (unpaired) electrons. The molecule has 1 aromatic rings. The Kier molecular flexibility index (Phi) is 4.97. The van der Waals surface area contributed by atoms with Gasteiger partial charge in [0, 0.05) is 6.61 Å². The normalized spacial score (nSPS) is 11.0. The van der Waals surface area contributed by atoms with Gasteiger partial charge in [0.2, 0.25) is 0 Å². The summed E-state index contributed by atoms with van der Waals surface area (Å²) in [5.41, 5.74) is 2.06. The van der Waals surface area contributed by atoms with Gasteiger partial charge in [-0.15, -0.1) is 0 Å². The third-order valence-electron chi connectivity index (χ3n) is 1.89. The van der Waals surface area contributed by atoms with Crippen LogP contribution in [-0.2, 0) is 11.3 Å². The van der Waals surface area contributed by atoms with Crippen molar-refractivity contribution in [2.24, 2.45) is 0 Å². The minimum absolute atomic E-state index is 0.100. The Hall–Kier alpha value is -1.12. The second-order valence-electron chi connectivity index (χ2n) is 2.96. The number of benzene rings is 1. The van der Waals surface area contributed by atoms with Crippen LogP contribution in [0.3, 0.4) is 0 Å². The number of hydrogen-bond acceptors (Lipinski definition) is 2. The highest BCUT2D eigenvalue weighted by Crippen LogP contribution is 2.05. The predicted octanol–water partition coefficient (Wildman–Crippen LogP) is 2.23. The molecule has 0 spiro atoms. The average Bonchev–Trinajstić information content (AvgIpc) is 2.25. The number of aliphatic hydroxyl groups excluding tert-OH is 1. The van der Waals surface area contributed by atoms with Crippen LogP contribution in [0.1, 0.15) is 18.1 Å². The van der Waals surface area contributed by atoms with Crippen molar-refractivity contribution in [1.82, 2.24) is 0 Å². The molecule has 1 N–H and O–H groups in total. The molecule has 0 aromatic heterocycles. The van der Waals surface area contributed by atoms with Crippen LogP contribution in [0.4, 0.5) is 0 Å². The Morgan fingerprint density at radius 1 is 1.29 bits per heavy atom. The van der Waals surface area contributed by atoms with E-state index >= 15 is 0 Å². The molecule has 0 aliphatic heterocycles. The summed E-state index contributed by atoms with van der Waals surface area (Å²) in [6.45, 7) is 3.47. The second-order valence-corrected chi connectivity index (χ2v) is 2.96. The van der Waals surface area contributed by atoms with Gasteiger partial charge in [-0.05, 0) is 18.1 Å². The number of aliphatic hydroxyl groups is 1. The summed E-state index contributed by atoms with van der Waals surface area (Å²) in [6.07, 6.45) is 3.99. The van der Waals surface area contributed by atoms with Crippen molar-refractivity contribution in [3.05, 3.63) is 41.5 Å². The van der Waals surface area contributed by atoms with Crippen molar-refractivity contribution in [3.63, 3.8) is 0 Å². The highest BCUT2D eigenvalue weighted by atomic mass is 16.5. The minimum Gasteiger partial charge on any atom is -0.392 e. The molecular weight excluding hydrogens is 176 g/mol. The smallest absolute Gasteiger partial charge is 0.0681 e. The van der Waals surface area contributed by atoms with Crippen LogP contribution in [0, 0.1) is 0 Å². The van der Waals surface area contributed by atoms with Crippen LogP contribution in [-0.4, -0.2) is 18.3 Å². The summed E-state index contributed by atoms with van der Waals surface area (Å²) < 4.78 is 5.17. The molecule has 0 bridgehead atoms. The van der Waals surface area contributed by atoms with Gasteiger partial charge in [0.1, 0.15) is 0 Å². The molecule has 0 saturated carbocycles. The van der Waals surface area contributed by atoms with Crippen molar-refractivity contribution in [2.75, 3.05) is 13.2 Å². The molecule has 0 heterocycles. The SMILES string of the molecule is CCOC/C=C/c1ccc(CO)cc1. The zero-order valence-electron chi connectivity index (χ0n) is 8.44. The zero-order chi connectivity index (χ0) is 10.2. The van der Waals surface area contributed by atoms with E-state index < -0.39 is 0 Å². The first-order chi connectivity index (χ1) is 6.86. The Morgan fingerprint density at radius 2 is 2.00 bits per heavy atom. The quantitative estimate of drug-likeness (QED) is 0.725. The third kappa shape index (κ3) is 3.73. The molecule has 0 amide bonds. The fourth-order valence-electron chi connectivity index (χ4n) is 1.10. The van der Waals surface area contributed by atoms with Crippen LogP contribution in [0.15, 0.2) is 30.3 Å². The van der Waals surface area contributed by atoms with Gasteiger partial charge in [-0.1, -0.05) is 36.4 Å². The molecule has 14 heavy (non-hydrogen) atoms. The van der Waals surface area contributed by atoms with Gasteiger partial charge in [-0.3, -0.25) is 0 Å². The van der Waals surface area contributed by atoms with Gasteiger partial charge in [-0.25, -0.2) is 0 Å². The first-order valence-corrected chi connectivity index (χ1v) is 4.81. The molecule has 2 nitrogen and oxygen atoms in total. The summed E-state index contributed by atoms with van der Waals surface area (Å²) in [6, 6.07) is 7.79. The van der Waals surface area contributed by atoms with Crippen molar-refractivity contribution >= 4 is 6.08 Å². The lowest BCUT2D eigenvalue weighted by Gasteiger charge is -1.97. The van der Waals surface area contributed by atoms with Crippen molar-refractivity contribution in [1.29, 1.82) is 0 Å². The Labute approximate surface area is 84.8 Å². The fraction of sp³-hybridized carbons (Fsp3) is 0.333. The first-order valence-electron chi connectivity index (χ1n) is 4.81. The predicted molar refractivity (Wildman–Crippen MR) is 57.9 cm³/mol. The zero-order valence-corrected chi connectivity index (χ0v) is 8.44. The third-order valence-corrected chi connectivity index (χ3v) is 1.89. The lowest BCUT2D eigenvalue weighted by molar-refractivity contribution is 0.178. The molecule has 1 rings (SSSR count). The van der Waals surface area contributed by atoms with Crippen LogP contribution in [0.2, 0.25) is 0 Å². The van der Waals surface area contributed by atoms with E-state index in [0.717, 1.165) is 17.7 Å². The van der Waals surface area contributed by atoms with E-state index in [1.807, 2.05) is 43.3 Å². The summed E-state index contributed by atoms with van der Waals surface area (Å²) in [7, 11) is 0. The van der Waals surface area contributed by atoms with E-state index in [4.69, 9.17) is 9.84 Å². The molecule has 1 aromatic carbocycles. The average molecular weight is 192 g/mol. The topological polar surface area (TPSA) is 29.5 Å². The maximum atomic E-state index is 8.84. The summed E-state index contributed by atoms with van der Waals surface area (Å²) in [5.74, 6) is 0. The van der Waals surface area contributed by atoms with E-state index in [0.29, 0.717) is 6.61 Å². The maximum Gasteiger partial charge on any atom is 0.0681 e. The van der Waals surface area contributed by atoms with Gasteiger partial charge in [0.25, 0.3) is 0 Å². The van der Waals surface area contributed by atoms with Crippen molar-refractivity contribution < 1.29 is 9.84 Å². The molecule has 0 aliphatic rings. The van der Waals surface area contributed by atoms with E-state index in [2.05, 4.69) is 0 Å². The molecule has 0 saturated heterocycles. The molecule has 76 valence electrons. The van der Waals surface area contributed by atoms with Crippen molar-refractivity contribution in [2.45, 2.75) is 13.5 Å². The van der Waals surface area contributed by atoms with E-state index in [1.54, 1.807) is 0 Å².